The maximum atomic E-state index is 14.3. The second-order valence-electron chi connectivity index (χ2n) is 6.60. The van der Waals surface area contributed by atoms with Gasteiger partial charge in [0.25, 0.3) is 5.91 Å². The summed E-state index contributed by atoms with van der Waals surface area (Å²) in [6, 6.07) is 27.2. The molecule has 3 rings (SSSR count). The van der Waals surface area contributed by atoms with Gasteiger partial charge in [0, 0.05) is 5.56 Å². The molecule has 6 heteroatoms. The van der Waals surface area contributed by atoms with Gasteiger partial charge in [0.2, 0.25) is 0 Å². The van der Waals surface area contributed by atoms with Crippen molar-refractivity contribution in [2.75, 3.05) is 13.2 Å². The Morgan fingerprint density at radius 2 is 1.17 bits per heavy atom. The molecule has 0 bridgehead atoms. The lowest BCUT2D eigenvalue weighted by molar-refractivity contribution is 0.0915. The van der Waals surface area contributed by atoms with Crippen LogP contribution in [0.3, 0.4) is 0 Å². The topological polar surface area (TPSA) is 64.6 Å². The van der Waals surface area contributed by atoms with E-state index in [1.54, 1.807) is 38.1 Å². The summed E-state index contributed by atoms with van der Waals surface area (Å²) < 4.78 is 25.9. The molecule has 0 saturated heterocycles. The summed E-state index contributed by atoms with van der Waals surface area (Å²) in [6.07, 6.45) is 0. The number of rotatable bonds is 9. The quantitative estimate of drug-likeness (QED) is 0.456. The molecule has 156 valence electrons. The third-order valence-electron chi connectivity index (χ3n) is 4.72. The molecule has 0 unspecified atom stereocenters. The van der Waals surface area contributed by atoms with Gasteiger partial charge in [-0.1, -0.05) is 78.9 Å². The number of nitrogens with one attached hydrogen (secondary N) is 1. The van der Waals surface area contributed by atoms with E-state index < -0.39 is 12.9 Å². The molecule has 0 radical (unpaired) electrons. The van der Waals surface area contributed by atoms with Crippen LogP contribution in [-0.2, 0) is 18.9 Å². The van der Waals surface area contributed by atoms with E-state index in [4.69, 9.17) is 9.05 Å². The van der Waals surface area contributed by atoms with Gasteiger partial charge in [-0.2, -0.15) is 0 Å². The first-order chi connectivity index (χ1) is 14.6. The molecule has 0 saturated carbocycles. The Kier molecular flexibility index (Phi) is 7.22. The second-order valence-corrected chi connectivity index (χ2v) is 8.78. The van der Waals surface area contributed by atoms with Crippen molar-refractivity contribution in [2.45, 2.75) is 19.1 Å². The zero-order valence-corrected chi connectivity index (χ0v) is 18.0. The Morgan fingerprint density at radius 3 is 1.57 bits per heavy atom. The zero-order chi connectivity index (χ0) is 21.5. The Balaban J connectivity index is 2.29. The first kappa shape index (κ1) is 22.0. The molecular formula is C24H26NO4P. The van der Waals surface area contributed by atoms with Crippen molar-refractivity contribution in [3.63, 3.8) is 0 Å². The van der Waals surface area contributed by atoms with E-state index in [-0.39, 0.29) is 19.1 Å². The van der Waals surface area contributed by atoms with Crippen LogP contribution in [0.5, 0.6) is 0 Å². The van der Waals surface area contributed by atoms with Crippen LogP contribution in [0.4, 0.5) is 0 Å². The lowest BCUT2D eigenvalue weighted by atomic mass is 9.97. The van der Waals surface area contributed by atoms with E-state index in [2.05, 4.69) is 5.32 Å². The summed E-state index contributed by atoms with van der Waals surface area (Å²) in [5.74, 6) is -0.372. The molecule has 0 fully saturated rings. The molecule has 0 atom stereocenters. The van der Waals surface area contributed by atoms with Crippen molar-refractivity contribution in [3.05, 3.63) is 108 Å². The smallest absolute Gasteiger partial charge is 0.328 e. The highest BCUT2D eigenvalue weighted by Crippen LogP contribution is 2.66. The summed E-state index contributed by atoms with van der Waals surface area (Å²) in [5.41, 5.74) is 1.68. The minimum absolute atomic E-state index is 0.167. The van der Waals surface area contributed by atoms with E-state index in [9.17, 15) is 9.36 Å². The van der Waals surface area contributed by atoms with Crippen LogP contribution in [0.1, 0.15) is 35.3 Å². The third kappa shape index (κ3) is 4.24. The van der Waals surface area contributed by atoms with Crippen LogP contribution in [0.2, 0.25) is 0 Å². The van der Waals surface area contributed by atoms with E-state index in [0.29, 0.717) is 16.7 Å². The fraction of sp³-hybridized carbons (Fsp3) is 0.208. The van der Waals surface area contributed by atoms with E-state index in [1.165, 1.54) is 0 Å². The average molecular weight is 423 g/mol. The molecule has 0 heterocycles. The van der Waals surface area contributed by atoms with Crippen LogP contribution in [0.25, 0.3) is 0 Å². The molecule has 5 nitrogen and oxygen atoms in total. The van der Waals surface area contributed by atoms with Crippen LogP contribution in [0.15, 0.2) is 91.0 Å². The Labute approximate surface area is 177 Å². The molecular weight excluding hydrogens is 397 g/mol. The zero-order valence-electron chi connectivity index (χ0n) is 17.2. The first-order valence-electron chi connectivity index (χ1n) is 9.95. The fourth-order valence-electron chi connectivity index (χ4n) is 3.45. The molecule has 0 aliphatic rings. The van der Waals surface area contributed by atoms with E-state index >= 15 is 0 Å². The lowest BCUT2D eigenvalue weighted by Gasteiger charge is -2.40. The van der Waals surface area contributed by atoms with Crippen molar-refractivity contribution in [2.24, 2.45) is 0 Å². The second kappa shape index (κ2) is 9.86. The highest BCUT2D eigenvalue weighted by Gasteiger charge is 2.55. The summed E-state index contributed by atoms with van der Waals surface area (Å²) >= 11 is 0. The maximum Gasteiger partial charge on any atom is 0.365 e. The highest BCUT2D eigenvalue weighted by molar-refractivity contribution is 7.55. The summed E-state index contributed by atoms with van der Waals surface area (Å²) in [6.45, 7) is 3.84. The maximum absolute atomic E-state index is 14.3. The standard InChI is InChI=1S/C24H26NO4P/c1-3-28-30(27,29-4-2)24(21-16-10-6-11-17-21,22-18-12-7-13-19-22)25-23(26)20-14-8-5-9-15-20/h5-19H,3-4H2,1-2H3,(H,25,26). The lowest BCUT2D eigenvalue weighted by Crippen LogP contribution is -2.47. The van der Waals surface area contributed by atoms with Gasteiger partial charge in [0.1, 0.15) is 0 Å². The van der Waals surface area contributed by atoms with Crippen molar-refractivity contribution in [1.29, 1.82) is 0 Å². The molecule has 0 spiro atoms. The molecule has 1 N–H and O–H groups in total. The average Bonchev–Trinajstić information content (AvgIpc) is 2.79. The summed E-state index contributed by atoms with van der Waals surface area (Å²) in [7, 11) is -3.91. The van der Waals surface area contributed by atoms with Crippen molar-refractivity contribution in [3.8, 4) is 0 Å². The van der Waals surface area contributed by atoms with Crippen LogP contribution < -0.4 is 5.32 Å². The van der Waals surface area contributed by atoms with Crippen LogP contribution >= 0.6 is 7.60 Å². The normalized spacial score (nSPS) is 11.8. The van der Waals surface area contributed by atoms with Crippen molar-refractivity contribution >= 4 is 13.5 Å². The van der Waals surface area contributed by atoms with Gasteiger partial charge in [-0.25, -0.2) is 0 Å². The number of benzene rings is 3. The largest absolute Gasteiger partial charge is 0.365 e. The first-order valence-corrected chi connectivity index (χ1v) is 11.5. The minimum Gasteiger partial charge on any atom is -0.328 e. The van der Waals surface area contributed by atoms with Crippen molar-refractivity contribution < 1.29 is 18.4 Å². The molecule has 0 aromatic heterocycles. The number of hydrogen-bond acceptors (Lipinski definition) is 4. The molecule has 0 aliphatic heterocycles. The number of carbonyl (C=O) groups excluding carboxylic acids is 1. The Morgan fingerprint density at radius 1 is 0.767 bits per heavy atom. The summed E-state index contributed by atoms with van der Waals surface area (Å²) in [5, 5.41) is 1.52. The van der Waals surface area contributed by atoms with Crippen molar-refractivity contribution in [1.82, 2.24) is 5.32 Å². The summed E-state index contributed by atoms with van der Waals surface area (Å²) in [4.78, 5) is 13.3. The van der Waals surface area contributed by atoms with Gasteiger partial charge in [-0.05, 0) is 37.1 Å². The fourth-order valence-corrected chi connectivity index (χ4v) is 5.76. The van der Waals surface area contributed by atoms with E-state index in [1.807, 2.05) is 66.7 Å². The molecule has 3 aromatic rings. The molecule has 0 aliphatic carbocycles. The number of amides is 1. The van der Waals surface area contributed by atoms with Gasteiger partial charge in [0.15, 0.2) is 5.28 Å². The number of hydrogen-bond donors (Lipinski definition) is 1. The van der Waals surface area contributed by atoms with Crippen LogP contribution in [0, 0.1) is 0 Å². The minimum atomic E-state index is -3.91. The molecule has 3 aromatic carbocycles. The van der Waals surface area contributed by atoms with E-state index in [0.717, 1.165) is 0 Å². The molecule has 1 amide bonds. The predicted octanol–water partition coefficient (Wildman–Crippen LogP) is 5.58. The Bertz CT molecular complexity index is 944. The molecule has 30 heavy (non-hydrogen) atoms. The van der Waals surface area contributed by atoms with Crippen LogP contribution in [-0.4, -0.2) is 19.1 Å². The number of carbonyl (C=O) groups is 1. The van der Waals surface area contributed by atoms with Gasteiger partial charge in [-0.15, -0.1) is 0 Å². The monoisotopic (exact) mass is 423 g/mol. The van der Waals surface area contributed by atoms with Gasteiger partial charge in [-0.3, -0.25) is 9.36 Å². The van der Waals surface area contributed by atoms with Gasteiger partial charge < -0.3 is 14.4 Å². The predicted molar refractivity (Wildman–Crippen MR) is 118 cm³/mol. The highest BCUT2D eigenvalue weighted by atomic mass is 31.2. The van der Waals surface area contributed by atoms with Gasteiger partial charge >= 0.3 is 7.60 Å². The Hall–Kier alpha value is -2.72. The third-order valence-corrected chi connectivity index (χ3v) is 7.37. The van der Waals surface area contributed by atoms with Gasteiger partial charge in [0.05, 0.1) is 13.2 Å². The SMILES string of the molecule is CCOP(=O)(OCC)C(NC(=O)c1ccccc1)(c1ccccc1)c1ccccc1.